The molecule has 1 atom stereocenters. The lowest BCUT2D eigenvalue weighted by Gasteiger charge is -2.34. The maximum Gasteiger partial charge on any atom is 0.433 e. The smallest absolute Gasteiger partial charge is 0.433 e. The molecule has 25 heavy (non-hydrogen) atoms. The van der Waals surface area contributed by atoms with Gasteiger partial charge in [0.15, 0.2) is 0 Å². The number of morpholine rings is 1. The van der Waals surface area contributed by atoms with Crippen LogP contribution in [-0.4, -0.2) is 53.9 Å². The van der Waals surface area contributed by atoms with E-state index in [9.17, 15) is 18.0 Å². The number of halogens is 3. The van der Waals surface area contributed by atoms with E-state index in [4.69, 9.17) is 9.47 Å². The third-order valence-corrected chi connectivity index (χ3v) is 3.34. The molecule has 0 spiro atoms. The largest absolute Gasteiger partial charge is 0.444 e. The van der Waals surface area contributed by atoms with Crippen LogP contribution in [0.3, 0.4) is 0 Å². The second-order valence-corrected chi connectivity index (χ2v) is 6.71. The Morgan fingerprint density at radius 1 is 1.40 bits per heavy atom. The number of alkyl halides is 3. The van der Waals surface area contributed by atoms with Crippen molar-refractivity contribution in [2.75, 3.05) is 31.6 Å². The number of hydrogen-bond donors (Lipinski definition) is 1. The van der Waals surface area contributed by atoms with Crippen LogP contribution in [0.1, 0.15) is 26.5 Å². The van der Waals surface area contributed by atoms with Crippen molar-refractivity contribution in [3.8, 4) is 0 Å². The molecule has 1 saturated heterocycles. The number of hydrogen-bond acceptors (Lipinski definition) is 5. The zero-order valence-electron chi connectivity index (χ0n) is 14.4. The van der Waals surface area contributed by atoms with E-state index in [1.165, 1.54) is 17.0 Å². The van der Waals surface area contributed by atoms with E-state index >= 15 is 0 Å². The van der Waals surface area contributed by atoms with Gasteiger partial charge in [0.25, 0.3) is 0 Å². The number of nitrogens with zero attached hydrogens (tertiary/aromatic N) is 2. The van der Waals surface area contributed by atoms with Gasteiger partial charge in [0.2, 0.25) is 0 Å². The van der Waals surface area contributed by atoms with Crippen molar-refractivity contribution in [3.63, 3.8) is 0 Å². The number of carbonyl (C=O) groups is 1. The van der Waals surface area contributed by atoms with Crippen LogP contribution in [0.25, 0.3) is 0 Å². The van der Waals surface area contributed by atoms with Gasteiger partial charge in [0.05, 0.1) is 19.3 Å². The standard InChI is InChI=1S/C16H22F3N3O3/c1-15(2,3)25-14(23)22-7-8-24-11(10-22)9-20-13-6-4-5-12(21-13)16(17,18)19/h4-6,11H,7-10H2,1-3H3,(H,20,21). The van der Waals surface area contributed by atoms with Crippen LogP contribution in [0.4, 0.5) is 23.8 Å². The Kier molecular flexibility index (Phi) is 5.76. The second kappa shape index (κ2) is 7.47. The van der Waals surface area contributed by atoms with E-state index < -0.39 is 23.6 Å². The summed E-state index contributed by atoms with van der Waals surface area (Å²) in [5, 5.41) is 2.82. The van der Waals surface area contributed by atoms with Gasteiger partial charge in [-0.1, -0.05) is 6.07 Å². The fourth-order valence-electron chi connectivity index (χ4n) is 2.24. The Hall–Kier alpha value is -2.03. The number of pyridine rings is 1. The van der Waals surface area contributed by atoms with Gasteiger partial charge in [0.1, 0.15) is 17.1 Å². The van der Waals surface area contributed by atoms with Crippen LogP contribution in [0, 0.1) is 0 Å². The molecular weight excluding hydrogens is 339 g/mol. The molecule has 0 radical (unpaired) electrons. The Bertz CT molecular complexity index is 602. The molecule has 1 aromatic heterocycles. The number of nitrogens with one attached hydrogen (secondary N) is 1. The fourth-order valence-corrected chi connectivity index (χ4v) is 2.24. The molecule has 2 rings (SSSR count). The molecule has 1 aromatic rings. The van der Waals surface area contributed by atoms with E-state index in [2.05, 4.69) is 10.3 Å². The Labute approximate surface area is 144 Å². The molecule has 0 aromatic carbocycles. The van der Waals surface area contributed by atoms with E-state index in [0.29, 0.717) is 19.7 Å². The molecule has 1 aliphatic heterocycles. The monoisotopic (exact) mass is 361 g/mol. The Morgan fingerprint density at radius 3 is 2.76 bits per heavy atom. The number of carbonyl (C=O) groups excluding carboxylic acids is 1. The summed E-state index contributed by atoms with van der Waals surface area (Å²) < 4.78 is 48.9. The van der Waals surface area contributed by atoms with E-state index in [1.807, 2.05) is 0 Å². The number of anilines is 1. The summed E-state index contributed by atoms with van der Waals surface area (Å²) in [6.07, 6.45) is -5.29. The first-order valence-corrected chi connectivity index (χ1v) is 7.92. The van der Waals surface area contributed by atoms with Crippen LogP contribution in [0.2, 0.25) is 0 Å². The van der Waals surface area contributed by atoms with Gasteiger partial charge in [-0.25, -0.2) is 9.78 Å². The molecule has 9 heteroatoms. The lowest BCUT2D eigenvalue weighted by molar-refractivity contribution is -0.141. The van der Waals surface area contributed by atoms with Gasteiger partial charge < -0.3 is 19.7 Å². The number of aromatic nitrogens is 1. The molecule has 0 aliphatic carbocycles. The predicted octanol–water partition coefficient (Wildman–Crippen LogP) is 3.15. The quantitative estimate of drug-likeness (QED) is 0.896. The first kappa shape index (κ1) is 19.3. The van der Waals surface area contributed by atoms with Crippen molar-refractivity contribution >= 4 is 11.9 Å². The second-order valence-electron chi connectivity index (χ2n) is 6.71. The first-order valence-electron chi connectivity index (χ1n) is 7.92. The molecule has 1 unspecified atom stereocenters. The van der Waals surface area contributed by atoms with Crippen molar-refractivity contribution in [1.29, 1.82) is 0 Å². The van der Waals surface area contributed by atoms with Gasteiger partial charge in [-0.2, -0.15) is 13.2 Å². The fraction of sp³-hybridized carbons (Fsp3) is 0.625. The molecule has 0 bridgehead atoms. The van der Waals surface area contributed by atoms with E-state index in [0.717, 1.165) is 6.07 Å². The predicted molar refractivity (Wildman–Crippen MR) is 85.3 cm³/mol. The summed E-state index contributed by atoms with van der Waals surface area (Å²) in [5.41, 5.74) is -1.55. The summed E-state index contributed by atoms with van der Waals surface area (Å²) in [7, 11) is 0. The maximum absolute atomic E-state index is 12.7. The highest BCUT2D eigenvalue weighted by Gasteiger charge is 2.32. The minimum Gasteiger partial charge on any atom is -0.444 e. The van der Waals surface area contributed by atoms with Crippen molar-refractivity contribution in [1.82, 2.24) is 9.88 Å². The van der Waals surface area contributed by atoms with Crippen molar-refractivity contribution in [3.05, 3.63) is 23.9 Å². The van der Waals surface area contributed by atoms with Gasteiger partial charge >= 0.3 is 12.3 Å². The molecule has 0 saturated carbocycles. The number of rotatable bonds is 3. The summed E-state index contributed by atoms with van der Waals surface area (Å²) in [5.74, 6) is 0.104. The zero-order valence-corrected chi connectivity index (χ0v) is 14.4. The van der Waals surface area contributed by atoms with Gasteiger partial charge in [-0.05, 0) is 32.9 Å². The molecular formula is C16H22F3N3O3. The number of amides is 1. The van der Waals surface area contributed by atoms with Crippen LogP contribution >= 0.6 is 0 Å². The van der Waals surface area contributed by atoms with Crippen LogP contribution in [0.5, 0.6) is 0 Å². The minimum atomic E-state index is -4.49. The Morgan fingerprint density at radius 2 is 2.12 bits per heavy atom. The van der Waals surface area contributed by atoms with Crippen LogP contribution < -0.4 is 5.32 Å². The van der Waals surface area contributed by atoms with Gasteiger partial charge in [-0.3, -0.25) is 0 Å². The van der Waals surface area contributed by atoms with Crippen molar-refractivity contribution in [2.24, 2.45) is 0 Å². The zero-order chi connectivity index (χ0) is 18.7. The molecule has 1 N–H and O–H groups in total. The maximum atomic E-state index is 12.7. The van der Waals surface area contributed by atoms with E-state index in [1.54, 1.807) is 20.8 Å². The van der Waals surface area contributed by atoms with Crippen molar-refractivity contribution in [2.45, 2.75) is 38.7 Å². The topological polar surface area (TPSA) is 63.7 Å². The third-order valence-electron chi connectivity index (χ3n) is 3.34. The Balaban J connectivity index is 1.90. The normalized spacial score (nSPS) is 18.8. The summed E-state index contributed by atoms with van der Waals surface area (Å²) in [6.45, 7) is 6.61. The third kappa shape index (κ3) is 6.08. The molecule has 2 heterocycles. The molecule has 1 aliphatic rings. The summed E-state index contributed by atoms with van der Waals surface area (Å²) in [4.78, 5) is 17.1. The lowest BCUT2D eigenvalue weighted by Crippen LogP contribution is -2.49. The summed E-state index contributed by atoms with van der Waals surface area (Å²) in [6, 6.07) is 3.64. The highest BCUT2D eigenvalue weighted by Crippen LogP contribution is 2.28. The highest BCUT2D eigenvalue weighted by molar-refractivity contribution is 5.68. The average Bonchev–Trinajstić information content (AvgIpc) is 2.51. The molecule has 1 amide bonds. The van der Waals surface area contributed by atoms with Crippen molar-refractivity contribution < 1.29 is 27.4 Å². The lowest BCUT2D eigenvalue weighted by atomic mass is 10.2. The SMILES string of the molecule is CC(C)(C)OC(=O)N1CCOC(CNc2cccc(C(F)(F)F)n2)C1. The molecule has 140 valence electrons. The van der Waals surface area contributed by atoms with E-state index in [-0.39, 0.29) is 18.5 Å². The highest BCUT2D eigenvalue weighted by atomic mass is 19.4. The van der Waals surface area contributed by atoms with Gasteiger partial charge in [-0.15, -0.1) is 0 Å². The first-order chi connectivity index (χ1) is 11.5. The van der Waals surface area contributed by atoms with Crippen LogP contribution in [-0.2, 0) is 15.7 Å². The van der Waals surface area contributed by atoms with Crippen LogP contribution in [0.15, 0.2) is 18.2 Å². The minimum absolute atomic E-state index is 0.104. The molecule has 1 fully saturated rings. The summed E-state index contributed by atoms with van der Waals surface area (Å²) >= 11 is 0. The van der Waals surface area contributed by atoms with Gasteiger partial charge in [0, 0.05) is 13.1 Å². The molecule has 6 nitrogen and oxygen atoms in total. The average molecular weight is 361 g/mol. The number of ether oxygens (including phenoxy) is 2.